The van der Waals surface area contributed by atoms with Crippen molar-refractivity contribution in [2.45, 2.75) is 25.2 Å². The Hall–Kier alpha value is -0.940. The highest BCUT2D eigenvalue weighted by atomic mass is 32.2. The quantitative estimate of drug-likeness (QED) is 0.814. The first-order chi connectivity index (χ1) is 7.91. The lowest BCUT2D eigenvalue weighted by Crippen LogP contribution is -2.29. The molecule has 94 valence electrons. The first kappa shape index (κ1) is 12.5. The topological polar surface area (TPSA) is 37.4 Å². The van der Waals surface area contributed by atoms with Gasteiger partial charge in [-0.15, -0.1) is 0 Å². The number of sulfonamides is 1. The Labute approximate surface area is 101 Å². The lowest BCUT2D eigenvalue weighted by molar-refractivity contribution is 0.464. The molecule has 0 spiro atoms. The van der Waals surface area contributed by atoms with Crippen molar-refractivity contribution in [1.29, 1.82) is 0 Å². The summed E-state index contributed by atoms with van der Waals surface area (Å²) in [5.74, 6) is -0.0123. The van der Waals surface area contributed by atoms with Crippen molar-refractivity contribution in [3.05, 3.63) is 29.6 Å². The van der Waals surface area contributed by atoms with E-state index in [9.17, 15) is 12.8 Å². The fourth-order valence-corrected chi connectivity index (χ4v) is 3.93. The SMILES string of the molecule is Cc1cc(F)ccc1S(=O)(=O)N1CCC(C)C1. The van der Waals surface area contributed by atoms with Crippen LogP contribution in [0.5, 0.6) is 0 Å². The van der Waals surface area contributed by atoms with Crippen LogP contribution in [0.15, 0.2) is 23.1 Å². The molecule has 17 heavy (non-hydrogen) atoms. The monoisotopic (exact) mass is 257 g/mol. The Kier molecular flexibility index (Phi) is 3.23. The lowest BCUT2D eigenvalue weighted by atomic mass is 10.2. The summed E-state index contributed by atoms with van der Waals surface area (Å²) in [6.45, 7) is 4.77. The van der Waals surface area contributed by atoms with Crippen LogP contribution in [0.3, 0.4) is 0 Å². The number of aryl methyl sites for hydroxylation is 1. The Morgan fingerprint density at radius 3 is 2.65 bits per heavy atom. The summed E-state index contributed by atoms with van der Waals surface area (Å²) in [5.41, 5.74) is 0.463. The van der Waals surface area contributed by atoms with Crippen molar-refractivity contribution in [2.75, 3.05) is 13.1 Å². The zero-order valence-electron chi connectivity index (χ0n) is 9.98. The van der Waals surface area contributed by atoms with Crippen LogP contribution in [0, 0.1) is 18.7 Å². The van der Waals surface area contributed by atoms with E-state index in [2.05, 4.69) is 0 Å². The first-order valence-electron chi connectivity index (χ1n) is 5.67. The molecule has 0 aromatic heterocycles. The van der Waals surface area contributed by atoms with E-state index in [-0.39, 0.29) is 4.90 Å². The Morgan fingerprint density at radius 1 is 1.41 bits per heavy atom. The number of hydrogen-bond acceptors (Lipinski definition) is 2. The third-order valence-corrected chi connectivity index (χ3v) is 5.17. The van der Waals surface area contributed by atoms with E-state index in [0.717, 1.165) is 6.42 Å². The fourth-order valence-electron chi connectivity index (χ4n) is 2.15. The molecule has 1 aromatic rings. The van der Waals surface area contributed by atoms with Crippen molar-refractivity contribution >= 4 is 10.0 Å². The van der Waals surface area contributed by atoms with Gasteiger partial charge in [-0.25, -0.2) is 12.8 Å². The van der Waals surface area contributed by atoms with Crippen LogP contribution in [-0.2, 0) is 10.0 Å². The van der Waals surface area contributed by atoms with E-state index >= 15 is 0 Å². The number of benzene rings is 1. The van der Waals surface area contributed by atoms with Crippen molar-refractivity contribution < 1.29 is 12.8 Å². The minimum Gasteiger partial charge on any atom is -0.207 e. The number of hydrogen-bond donors (Lipinski definition) is 0. The number of rotatable bonds is 2. The summed E-state index contributed by atoms with van der Waals surface area (Å²) >= 11 is 0. The second kappa shape index (κ2) is 4.38. The molecular formula is C12H16FNO2S. The molecule has 2 rings (SSSR count). The molecule has 0 bridgehead atoms. The Morgan fingerprint density at radius 2 is 2.12 bits per heavy atom. The second-order valence-corrected chi connectivity index (χ2v) is 6.57. The van der Waals surface area contributed by atoms with Crippen LogP contribution >= 0.6 is 0 Å². The lowest BCUT2D eigenvalue weighted by Gasteiger charge is -2.17. The molecule has 1 aliphatic heterocycles. The standard InChI is InChI=1S/C12H16FNO2S/c1-9-5-6-14(8-9)17(15,16)12-4-3-11(13)7-10(12)2/h3-4,7,9H,5-6,8H2,1-2H3. The van der Waals surface area contributed by atoms with E-state index in [1.807, 2.05) is 6.92 Å². The Balaban J connectivity index is 2.38. The zero-order chi connectivity index (χ0) is 12.6. The molecule has 0 amide bonds. The normalized spacial score (nSPS) is 21.9. The van der Waals surface area contributed by atoms with Crippen molar-refractivity contribution in [2.24, 2.45) is 5.92 Å². The maximum absolute atomic E-state index is 13.0. The highest BCUT2D eigenvalue weighted by molar-refractivity contribution is 7.89. The van der Waals surface area contributed by atoms with Gasteiger partial charge in [0.15, 0.2) is 0 Å². The van der Waals surface area contributed by atoms with Gasteiger partial charge in [0.2, 0.25) is 10.0 Å². The predicted molar refractivity (Wildman–Crippen MR) is 63.7 cm³/mol. The zero-order valence-corrected chi connectivity index (χ0v) is 10.8. The van der Waals surface area contributed by atoms with Crippen LogP contribution in [0.4, 0.5) is 4.39 Å². The number of nitrogens with zero attached hydrogens (tertiary/aromatic N) is 1. The summed E-state index contributed by atoms with van der Waals surface area (Å²) in [4.78, 5) is 0.216. The van der Waals surface area contributed by atoms with Gasteiger partial charge in [0.25, 0.3) is 0 Å². The van der Waals surface area contributed by atoms with Gasteiger partial charge >= 0.3 is 0 Å². The minimum absolute atomic E-state index is 0.216. The molecule has 1 unspecified atom stereocenters. The van der Waals surface area contributed by atoms with Crippen LogP contribution < -0.4 is 0 Å². The molecule has 3 nitrogen and oxygen atoms in total. The second-order valence-electron chi connectivity index (χ2n) is 4.67. The van der Waals surface area contributed by atoms with Gasteiger partial charge in [-0.1, -0.05) is 6.92 Å². The molecule has 1 aliphatic rings. The average Bonchev–Trinajstić information content (AvgIpc) is 2.64. The van der Waals surface area contributed by atoms with Gasteiger partial charge in [0.05, 0.1) is 4.90 Å². The summed E-state index contributed by atoms with van der Waals surface area (Å²) in [6, 6.07) is 3.80. The highest BCUT2D eigenvalue weighted by Gasteiger charge is 2.31. The smallest absolute Gasteiger partial charge is 0.207 e. The van der Waals surface area contributed by atoms with Gasteiger partial charge in [0.1, 0.15) is 5.82 Å². The van der Waals surface area contributed by atoms with Gasteiger partial charge in [0, 0.05) is 13.1 Å². The number of halogens is 1. The minimum atomic E-state index is -3.45. The average molecular weight is 257 g/mol. The first-order valence-corrected chi connectivity index (χ1v) is 7.11. The molecular weight excluding hydrogens is 241 g/mol. The molecule has 0 radical (unpaired) electrons. The summed E-state index contributed by atoms with van der Waals surface area (Å²) in [6.07, 6.45) is 0.888. The van der Waals surface area contributed by atoms with Crippen molar-refractivity contribution in [3.63, 3.8) is 0 Å². The molecule has 0 aliphatic carbocycles. The van der Waals surface area contributed by atoms with Crippen molar-refractivity contribution in [1.82, 2.24) is 4.31 Å². The van der Waals surface area contributed by atoms with E-state index < -0.39 is 15.8 Å². The summed E-state index contributed by atoms with van der Waals surface area (Å²) in [5, 5.41) is 0. The maximum Gasteiger partial charge on any atom is 0.243 e. The van der Waals surface area contributed by atoms with E-state index in [0.29, 0.717) is 24.6 Å². The molecule has 1 heterocycles. The molecule has 1 aromatic carbocycles. The molecule has 1 saturated heterocycles. The van der Waals surface area contributed by atoms with Gasteiger partial charge in [-0.2, -0.15) is 4.31 Å². The largest absolute Gasteiger partial charge is 0.243 e. The fraction of sp³-hybridized carbons (Fsp3) is 0.500. The molecule has 5 heteroatoms. The predicted octanol–water partition coefficient (Wildman–Crippen LogP) is 2.16. The van der Waals surface area contributed by atoms with Gasteiger partial charge < -0.3 is 0 Å². The van der Waals surface area contributed by atoms with Crippen LogP contribution in [0.25, 0.3) is 0 Å². The molecule has 1 fully saturated rings. The third kappa shape index (κ3) is 2.35. The maximum atomic E-state index is 13.0. The van der Waals surface area contributed by atoms with Crippen LogP contribution in [-0.4, -0.2) is 25.8 Å². The van der Waals surface area contributed by atoms with E-state index in [1.165, 1.54) is 22.5 Å². The van der Waals surface area contributed by atoms with E-state index in [4.69, 9.17) is 0 Å². The highest BCUT2D eigenvalue weighted by Crippen LogP contribution is 2.26. The third-order valence-electron chi connectivity index (χ3n) is 3.14. The van der Waals surface area contributed by atoms with E-state index in [1.54, 1.807) is 6.92 Å². The van der Waals surface area contributed by atoms with Gasteiger partial charge in [-0.3, -0.25) is 0 Å². The molecule has 0 N–H and O–H groups in total. The van der Waals surface area contributed by atoms with Crippen LogP contribution in [0.1, 0.15) is 18.9 Å². The molecule has 0 saturated carbocycles. The van der Waals surface area contributed by atoms with Gasteiger partial charge in [-0.05, 0) is 43.0 Å². The van der Waals surface area contributed by atoms with Crippen molar-refractivity contribution in [3.8, 4) is 0 Å². The Bertz CT molecular complexity index is 527. The summed E-state index contributed by atoms with van der Waals surface area (Å²) in [7, 11) is -3.45. The molecule has 1 atom stereocenters. The summed E-state index contributed by atoms with van der Waals surface area (Å²) < 4.78 is 39.1. The van der Waals surface area contributed by atoms with Crippen LogP contribution in [0.2, 0.25) is 0 Å².